The number of rotatable bonds is 3. The summed E-state index contributed by atoms with van der Waals surface area (Å²) in [6.45, 7) is 5.54. The lowest BCUT2D eigenvalue weighted by Gasteiger charge is -2.40. The van der Waals surface area contributed by atoms with Gasteiger partial charge in [-0.25, -0.2) is 0 Å². The number of aromatic amines is 1. The van der Waals surface area contributed by atoms with Crippen LogP contribution in [0.25, 0.3) is 16.5 Å². The van der Waals surface area contributed by atoms with Crippen molar-refractivity contribution in [2.24, 2.45) is 5.92 Å². The van der Waals surface area contributed by atoms with Crippen molar-refractivity contribution in [1.82, 2.24) is 14.8 Å². The first-order valence-electron chi connectivity index (χ1n) is 8.97. The highest BCUT2D eigenvalue weighted by Gasteiger charge is 2.37. The fraction of sp³-hybridized carbons (Fsp3) is 0.450. The summed E-state index contributed by atoms with van der Waals surface area (Å²) in [6, 6.07) is 6.78. The van der Waals surface area contributed by atoms with Gasteiger partial charge >= 0.3 is 0 Å². The number of nitrogens with zero attached hydrogens (tertiary/aromatic N) is 2. The summed E-state index contributed by atoms with van der Waals surface area (Å²) >= 11 is 3.56. The van der Waals surface area contributed by atoms with Gasteiger partial charge in [0.2, 0.25) is 5.91 Å². The van der Waals surface area contributed by atoms with Gasteiger partial charge in [-0.2, -0.15) is 0 Å². The van der Waals surface area contributed by atoms with Crippen molar-refractivity contribution < 1.29 is 4.79 Å². The lowest BCUT2D eigenvalue weighted by atomic mass is 9.79. The highest BCUT2D eigenvalue weighted by molar-refractivity contribution is 9.09. The summed E-state index contributed by atoms with van der Waals surface area (Å²) in [4.78, 5) is 20.7. The Labute approximate surface area is 169 Å². The number of nitrogens with one attached hydrogen (secondary N) is 1. The highest BCUT2D eigenvalue weighted by atomic mass is 79.9. The van der Waals surface area contributed by atoms with E-state index in [1.807, 2.05) is 18.7 Å². The van der Waals surface area contributed by atoms with Crippen LogP contribution in [0.4, 0.5) is 0 Å². The maximum atomic E-state index is 13.0. The molecule has 0 radical (unpaired) electrons. The minimum absolute atomic E-state index is 0. The van der Waals surface area contributed by atoms with Crippen LogP contribution < -0.4 is 0 Å². The third-order valence-electron chi connectivity index (χ3n) is 5.64. The number of halogens is 2. The monoisotopic (exact) mass is 437 g/mol. The van der Waals surface area contributed by atoms with Crippen molar-refractivity contribution in [2.45, 2.75) is 31.3 Å². The zero-order valence-corrected chi connectivity index (χ0v) is 17.7. The van der Waals surface area contributed by atoms with Gasteiger partial charge in [0.1, 0.15) is 0 Å². The molecular formula is C20H25BrClN3O. The zero-order chi connectivity index (χ0) is 17.7. The average molecular weight is 439 g/mol. The molecule has 0 saturated heterocycles. The van der Waals surface area contributed by atoms with Gasteiger partial charge in [-0.15, -0.1) is 12.4 Å². The molecule has 0 spiro atoms. The smallest absolute Gasteiger partial charge is 0.231 e. The number of likely N-dealkylation sites (N-methyl/N-ethyl adjacent to an activating group) is 1. The number of alkyl halides is 1. The summed E-state index contributed by atoms with van der Waals surface area (Å²) in [5.74, 6) is 0.115. The summed E-state index contributed by atoms with van der Waals surface area (Å²) in [7, 11) is 2.14. The van der Waals surface area contributed by atoms with Gasteiger partial charge in [0, 0.05) is 36.2 Å². The van der Waals surface area contributed by atoms with E-state index >= 15 is 0 Å². The largest absolute Gasteiger partial charge is 0.361 e. The Kier molecular flexibility index (Phi) is 5.52. The summed E-state index contributed by atoms with van der Waals surface area (Å²) in [5, 5.41) is 1.33. The number of hydrogen-bond acceptors (Lipinski definition) is 2. The molecule has 2 aliphatic rings. The van der Waals surface area contributed by atoms with E-state index < -0.39 is 0 Å². The second-order valence-electron chi connectivity index (χ2n) is 7.13. The topological polar surface area (TPSA) is 39.3 Å². The molecule has 1 amide bonds. The zero-order valence-electron chi connectivity index (χ0n) is 15.3. The molecule has 0 saturated carbocycles. The maximum Gasteiger partial charge on any atom is 0.231 e. The third-order valence-corrected chi connectivity index (χ3v) is 6.13. The van der Waals surface area contributed by atoms with Gasteiger partial charge in [0.15, 0.2) is 0 Å². The number of carbonyl (C=O) groups excluding carboxylic acids is 1. The Morgan fingerprint density at radius 2 is 2.23 bits per heavy atom. The Morgan fingerprint density at radius 1 is 1.46 bits per heavy atom. The van der Waals surface area contributed by atoms with Crippen molar-refractivity contribution in [3.63, 3.8) is 0 Å². The summed E-state index contributed by atoms with van der Waals surface area (Å²) < 4.78 is 0. The molecule has 4 rings (SSSR count). The van der Waals surface area contributed by atoms with E-state index in [9.17, 15) is 4.79 Å². The van der Waals surface area contributed by atoms with Gasteiger partial charge < -0.3 is 9.88 Å². The molecule has 2 heterocycles. The molecule has 140 valence electrons. The van der Waals surface area contributed by atoms with Crippen LogP contribution in [0, 0.1) is 5.92 Å². The summed E-state index contributed by atoms with van der Waals surface area (Å²) in [5.41, 5.74) is 5.16. The highest BCUT2D eigenvalue weighted by Crippen LogP contribution is 2.41. The molecular weight excluding hydrogens is 414 g/mol. The van der Waals surface area contributed by atoms with Crippen LogP contribution in [-0.2, 0) is 11.2 Å². The van der Waals surface area contributed by atoms with Crippen LogP contribution in [0.5, 0.6) is 0 Å². The predicted octanol–water partition coefficient (Wildman–Crippen LogP) is 4.05. The van der Waals surface area contributed by atoms with E-state index in [0.29, 0.717) is 6.04 Å². The second-order valence-corrected chi connectivity index (χ2v) is 8.45. The second kappa shape index (κ2) is 7.37. The lowest BCUT2D eigenvalue weighted by Crippen LogP contribution is -2.48. The van der Waals surface area contributed by atoms with E-state index in [0.717, 1.165) is 19.5 Å². The number of H-pyrrole nitrogens is 1. The van der Waals surface area contributed by atoms with Gasteiger partial charge in [-0.05, 0) is 50.1 Å². The molecule has 1 aromatic heterocycles. The SMILES string of the molecule is CCN(C(=O)[C@@H]1C=C2c3cccc4[nH]cc(c34)C[C@H]2N(C)C1)C(C)Br.Cl. The van der Waals surface area contributed by atoms with Crippen molar-refractivity contribution >= 4 is 50.7 Å². The number of hydrogen-bond donors (Lipinski definition) is 1. The molecule has 1 unspecified atom stereocenters. The van der Waals surface area contributed by atoms with Crippen LogP contribution >= 0.6 is 28.3 Å². The van der Waals surface area contributed by atoms with E-state index in [1.54, 1.807) is 0 Å². The number of fused-ring (bicyclic) bond motifs is 2. The van der Waals surface area contributed by atoms with E-state index in [2.05, 4.69) is 63.3 Å². The molecule has 1 N–H and O–H groups in total. The summed E-state index contributed by atoms with van der Waals surface area (Å²) in [6.07, 6.45) is 5.38. The lowest BCUT2D eigenvalue weighted by molar-refractivity contribution is -0.134. The minimum Gasteiger partial charge on any atom is -0.361 e. The molecule has 3 atom stereocenters. The van der Waals surface area contributed by atoms with Crippen molar-refractivity contribution in [2.75, 3.05) is 20.1 Å². The molecule has 1 aromatic carbocycles. The Hall–Kier alpha value is -1.30. The molecule has 1 aliphatic carbocycles. The van der Waals surface area contributed by atoms with Crippen molar-refractivity contribution in [3.05, 3.63) is 41.6 Å². The van der Waals surface area contributed by atoms with E-state index in [-0.39, 0.29) is 29.2 Å². The Bertz CT molecular complexity index is 860. The fourth-order valence-electron chi connectivity index (χ4n) is 4.40. The van der Waals surface area contributed by atoms with Crippen LogP contribution in [0.3, 0.4) is 0 Å². The third kappa shape index (κ3) is 3.00. The average Bonchev–Trinajstić information content (AvgIpc) is 3.00. The van der Waals surface area contributed by atoms with Crippen molar-refractivity contribution in [1.29, 1.82) is 0 Å². The maximum absolute atomic E-state index is 13.0. The first-order valence-corrected chi connectivity index (χ1v) is 9.88. The van der Waals surface area contributed by atoms with E-state index in [1.165, 1.54) is 27.6 Å². The molecule has 1 aliphatic heterocycles. The minimum atomic E-state index is -0.0908. The number of carbonyl (C=O) groups is 1. The Balaban J connectivity index is 0.00000196. The Morgan fingerprint density at radius 3 is 2.92 bits per heavy atom. The van der Waals surface area contributed by atoms with Crippen LogP contribution in [0.2, 0.25) is 0 Å². The van der Waals surface area contributed by atoms with Gasteiger partial charge in [0.25, 0.3) is 0 Å². The molecule has 26 heavy (non-hydrogen) atoms. The number of amides is 1. The van der Waals surface area contributed by atoms with E-state index in [4.69, 9.17) is 0 Å². The number of benzene rings is 1. The standard InChI is InChI=1S/C20H24BrN3O.ClH/c1-4-24(12(2)21)20(25)14-8-16-15-6-5-7-17-19(15)13(10-22-17)9-18(16)23(3)11-14;/h5-8,10,12,14,18,22H,4,9,11H2,1-3H3;1H/t12?,14-,18-;/m1./s1. The van der Waals surface area contributed by atoms with Crippen LogP contribution in [0.1, 0.15) is 25.0 Å². The predicted molar refractivity (Wildman–Crippen MR) is 113 cm³/mol. The van der Waals surface area contributed by atoms with Gasteiger partial charge in [-0.3, -0.25) is 9.69 Å². The molecule has 0 bridgehead atoms. The van der Waals surface area contributed by atoms with Crippen molar-refractivity contribution in [3.8, 4) is 0 Å². The van der Waals surface area contributed by atoms with Gasteiger partial charge in [-0.1, -0.05) is 34.1 Å². The molecule has 6 heteroatoms. The van der Waals surface area contributed by atoms with Gasteiger partial charge in [0.05, 0.1) is 10.9 Å². The molecule has 0 fully saturated rings. The first-order chi connectivity index (χ1) is 12.0. The molecule has 2 aromatic rings. The molecule has 4 nitrogen and oxygen atoms in total. The quantitative estimate of drug-likeness (QED) is 0.580. The fourth-order valence-corrected chi connectivity index (χ4v) is 4.89. The number of aromatic nitrogens is 1. The first kappa shape index (κ1) is 19.5. The van der Waals surface area contributed by atoms with Crippen LogP contribution in [0.15, 0.2) is 30.5 Å². The van der Waals surface area contributed by atoms with Crippen LogP contribution in [-0.4, -0.2) is 51.8 Å². The normalized spacial score (nSPS) is 23.0.